The predicted molar refractivity (Wildman–Crippen MR) is 256 cm³/mol. The van der Waals surface area contributed by atoms with E-state index in [-0.39, 0.29) is 0 Å². The van der Waals surface area contributed by atoms with Gasteiger partial charge in [-0.3, -0.25) is 4.57 Å². The molecule has 6 heteroatoms. The van der Waals surface area contributed by atoms with Crippen LogP contribution >= 0.6 is 0 Å². The van der Waals surface area contributed by atoms with Crippen molar-refractivity contribution in [2.45, 2.75) is 0 Å². The fourth-order valence-electron chi connectivity index (χ4n) is 9.35. The van der Waals surface area contributed by atoms with Crippen LogP contribution in [0.15, 0.2) is 215 Å². The minimum atomic E-state index is 0.544. The minimum Gasteiger partial charge on any atom is -0.456 e. The number of aromatic nitrogens is 4. The largest absolute Gasteiger partial charge is 0.456 e. The second kappa shape index (κ2) is 14.0. The molecule has 0 radical (unpaired) electrons. The Bertz CT molecular complexity index is 3900. The first-order chi connectivity index (χ1) is 31.2. The molecule has 0 aliphatic rings. The summed E-state index contributed by atoms with van der Waals surface area (Å²) in [6, 6.07) is 71.6. The first kappa shape index (κ1) is 35.2. The van der Waals surface area contributed by atoms with Gasteiger partial charge < -0.3 is 8.83 Å². The highest BCUT2D eigenvalue weighted by Gasteiger charge is 2.21. The molecule has 0 aliphatic carbocycles. The van der Waals surface area contributed by atoms with Crippen molar-refractivity contribution >= 4 is 65.7 Å². The second-order valence-corrected chi connectivity index (χ2v) is 15.9. The molecule has 0 unspecified atom stereocenters. The molecule has 0 aliphatic heterocycles. The lowest BCUT2D eigenvalue weighted by molar-refractivity contribution is 0.668. The standard InChI is InChI=1S/C57H34N4O2/c1-3-13-35(14-4-1)39-29-31-48-45(33-39)42-17-7-9-21-47(42)61(48)57-59-55(38-15-5-2-6-16-38)58-56(60-57)44-20-12-24-52-54(44)46-34-40(30-32-50(46)63-52)36-25-27-37(28-26-36)41-19-11-23-51-53(41)43-18-8-10-22-49(43)62-51/h1-34H. The molecule has 6 nitrogen and oxygen atoms in total. The van der Waals surface area contributed by atoms with Crippen LogP contribution in [0.5, 0.6) is 0 Å². The van der Waals surface area contributed by atoms with Crippen LogP contribution in [0, 0.1) is 0 Å². The third-order valence-electron chi connectivity index (χ3n) is 12.3. The van der Waals surface area contributed by atoms with E-state index in [9.17, 15) is 0 Å². The highest BCUT2D eigenvalue weighted by atomic mass is 16.3. The maximum absolute atomic E-state index is 6.55. The smallest absolute Gasteiger partial charge is 0.238 e. The van der Waals surface area contributed by atoms with Crippen molar-refractivity contribution in [2.24, 2.45) is 0 Å². The summed E-state index contributed by atoms with van der Waals surface area (Å²) in [7, 11) is 0. The summed E-state index contributed by atoms with van der Waals surface area (Å²) in [6.07, 6.45) is 0. The first-order valence-corrected chi connectivity index (χ1v) is 21.1. The van der Waals surface area contributed by atoms with Gasteiger partial charge in [0, 0.05) is 43.4 Å². The van der Waals surface area contributed by atoms with Crippen molar-refractivity contribution in [2.75, 3.05) is 0 Å². The molecule has 63 heavy (non-hydrogen) atoms. The van der Waals surface area contributed by atoms with Gasteiger partial charge in [0.15, 0.2) is 11.6 Å². The average Bonchev–Trinajstić information content (AvgIpc) is 4.04. The fraction of sp³-hybridized carbons (Fsp3) is 0. The van der Waals surface area contributed by atoms with Crippen LogP contribution < -0.4 is 0 Å². The molecule has 0 atom stereocenters. The molecule has 0 spiro atoms. The van der Waals surface area contributed by atoms with E-state index in [2.05, 4.69) is 144 Å². The zero-order valence-electron chi connectivity index (χ0n) is 33.7. The summed E-state index contributed by atoms with van der Waals surface area (Å²) in [5.41, 5.74) is 13.9. The van der Waals surface area contributed by atoms with Gasteiger partial charge in [-0.15, -0.1) is 0 Å². The van der Waals surface area contributed by atoms with Crippen LogP contribution in [0.4, 0.5) is 0 Å². The SMILES string of the molecule is c1ccc(-c2ccc3c(c2)c2ccccc2n3-c2nc(-c3ccccc3)nc(-c3cccc4oc5ccc(-c6ccc(-c7cccc8oc9ccccc9c78)cc6)cc5c34)n2)cc1. The van der Waals surface area contributed by atoms with Gasteiger partial charge in [0.1, 0.15) is 22.3 Å². The molecule has 0 bridgehead atoms. The lowest BCUT2D eigenvalue weighted by Gasteiger charge is -2.11. The van der Waals surface area contributed by atoms with E-state index in [1.165, 1.54) is 5.56 Å². The highest BCUT2D eigenvalue weighted by Crippen LogP contribution is 2.41. The molecule has 4 heterocycles. The van der Waals surface area contributed by atoms with E-state index >= 15 is 0 Å². The molecule has 0 saturated heterocycles. The zero-order chi connectivity index (χ0) is 41.4. The molecule has 0 N–H and O–H groups in total. The molecule has 4 aromatic heterocycles. The Morgan fingerprint density at radius 2 is 0.825 bits per heavy atom. The van der Waals surface area contributed by atoms with E-state index in [0.29, 0.717) is 17.6 Å². The number of fused-ring (bicyclic) bond motifs is 9. The van der Waals surface area contributed by atoms with Crippen LogP contribution in [0.3, 0.4) is 0 Å². The molecule has 9 aromatic carbocycles. The number of para-hydroxylation sites is 2. The molecule has 0 amide bonds. The number of rotatable bonds is 6. The summed E-state index contributed by atoms with van der Waals surface area (Å²) in [6.45, 7) is 0. The van der Waals surface area contributed by atoms with Gasteiger partial charge in [0.25, 0.3) is 0 Å². The van der Waals surface area contributed by atoms with Gasteiger partial charge in [-0.1, -0.05) is 158 Å². The average molecular weight is 807 g/mol. The summed E-state index contributed by atoms with van der Waals surface area (Å²) >= 11 is 0. The van der Waals surface area contributed by atoms with Crippen LogP contribution in [0.1, 0.15) is 0 Å². The molecule has 13 rings (SSSR count). The molecular formula is C57H34N4O2. The van der Waals surface area contributed by atoms with Crippen molar-refractivity contribution in [3.63, 3.8) is 0 Å². The number of furan rings is 2. The molecule has 294 valence electrons. The van der Waals surface area contributed by atoms with E-state index in [1.54, 1.807) is 0 Å². The second-order valence-electron chi connectivity index (χ2n) is 15.9. The van der Waals surface area contributed by atoms with Crippen molar-refractivity contribution < 1.29 is 8.83 Å². The van der Waals surface area contributed by atoms with E-state index < -0.39 is 0 Å². The zero-order valence-corrected chi connectivity index (χ0v) is 33.7. The normalized spacial score (nSPS) is 11.8. The Labute approximate surface area is 361 Å². The number of nitrogens with zero attached hydrogens (tertiary/aromatic N) is 4. The van der Waals surface area contributed by atoms with Crippen LogP contribution in [0.25, 0.3) is 128 Å². The van der Waals surface area contributed by atoms with Gasteiger partial charge in [-0.25, -0.2) is 4.98 Å². The van der Waals surface area contributed by atoms with Crippen LogP contribution in [-0.4, -0.2) is 19.5 Å². The lowest BCUT2D eigenvalue weighted by Crippen LogP contribution is -2.06. The number of benzene rings is 9. The topological polar surface area (TPSA) is 69.9 Å². The van der Waals surface area contributed by atoms with Crippen molar-refractivity contribution in [1.82, 2.24) is 19.5 Å². The van der Waals surface area contributed by atoms with Crippen molar-refractivity contribution in [1.29, 1.82) is 0 Å². The van der Waals surface area contributed by atoms with Crippen molar-refractivity contribution in [3.05, 3.63) is 206 Å². The maximum atomic E-state index is 6.55. The Morgan fingerprint density at radius 1 is 0.302 bits per heavy atom. The van der Waals surface area contributed by atoms with Gasteiger partial charge in [-0.05, 0) is 81.9 Å². The van der Waals surface area contributed by atoms with E-state index in [4.69, 9.17) is 23.8 Å². The lowest BCUT2D eigenvalue weighted by atomic mass is 9.96. The number of hydrogen-bond donors (Lipinski definition) is 0. The summed E-state index contributed by atoms with van der Waals surface area (Å²) < 4.78 is 14.9. The third-order valence-corrected chi connectivity index (χ3v) is 12.3. The van der Waals surface area contributed by atoms with E-state index in [1.807, 2.05) is 66.7 Å². The quantitative estimate of drug-likeness (QED) is 0.167. The minimum absolute atomic E-state index is 0.544. The van der Waals surface area contributed by atoms with Gasteiger partial charge >= 0.3 is 0 Å². The van der Waals surface area contributed by atoms with E-state index in [0.717, 1.165) is 105 Å². The number of hydrogen-bond acceptors (Lipinski definition) is 5. The predicted octanol–water partition coefficient (Wildman–Crippen LogP) is 15.1. The Morgan fingerprint density at radius 3 is 1.60 bits per heavy atom. The summed E-state index contributed by atoms with van der Waals surface area (Å²) in [5, 5.41) is 6.45. The fourth-order valence-corrected chi connectivity index (χ4v) is 9.35. The first-order valence-electron chi connectivity index (χ1n) is 21.1. The summed E-state index contributed by atoms with van der Waals surface area (Å²) in [4.78, 5) is 15.7. The van der Waals surface area contributed by atoms with Crippen molar-refractivity contribution in [3.8, 4) is 62.1 Å². The summed E-state index contributed by atoms with van der Waals surface area (Å²) in [5.74, 6) is 1.70. The molecule has 13 aromatic rings. The van der Waals surface area contributed by atoms with Gasteiger partial charge in [0.2, 0.25) is 5.95 Å². The van der Waals surface area contributed by atoms with Gasteiger partial charge in [-0.2, -0.15) is 9.97 Å². The Balaban J connectivity index is 0.966. The van der Waals surface area contributed by atoms with Gasteiger partial charge in [0.05, 0.1) is 11.0 Å². The monoisotopic (exact) mass is 806 g/mol. The highest BCUT2D eigenvalue weighted by molar-refractivity contribution is 6.14. The Hall–Kier alpha value is -8.61. The Kier molecular flexibility index (Phi) is 7.80. The third kappa shape index (κ3) is 5.69. The molecular weight excluding hydrogens is 773 g/mol. The van der Waals surface area contributed by atoms with Crippen LogP contribution in [0.2, 0.25) is 0 Å². The van der Waals surface area contributed by atoms with Crippen LogP contribution in [-0.2, 0) is 0 Å². The molecule has 0 fully saturated rings. The molecule has 0 saturated carbocycles. The maximum Gasteiger partial charge on any atom is 0.238 e.